The first-order chi connectivity index (χ1) is 21.8. The molecular formula is C39H35NO5. The van der Waals surface area contributed by atoms with Crippen molar-refractivity contribution in [2.45, 2.75) is 38.3 Å². The number of methoxy groups -OCH3 is 2. The molecular weight excluding hydrogens is 562 g/mol. The molecule has 45 heavy (non-hydrogen) atoms. The zero-order chi connectivity index (χ0) is 31.5. The number of ether oxygens (including phenoxy) is 2. The van der Waals surface area contributed by atoms with Gasteiger partial charge in [-0.3, -0.25) is 14.4 Å². The summed E-state index contributed by atoms with van der Waals surface area (Å²) in [5.74, 6) is -0.0243. The summed E-state index contributed by atoms with van der Waals surface area (Å²) in [6, 6.07) is 26.5. The van der Waals surface area contributed by atoms with E-state index in [-0.39, 0.29) is 17.3 Å². The van der Waals surface area contributed by atoms with E-state index in [1.54, 1.807) is 44.6 Å². The van der Waals surface area contributed by atoms with Gasteiger partial charge >= 0.3 is 0 Å². The quantitative estimate of drug-likeness (QED) is 0.166. The molecule has 4 aromatic rings. The Morgan fingerprint density at radius 2 is 1.47 bits per heavy atom. The fourth-order valence-corrected chi connectivity index (χ4v) is 7.78. The lowest BCUT2D eigenvalue weighted by molar-refractivity contribution is 0.0665. The van der Waals surface area contributed by atoms with E-state index in [4.69, 9.17) is 9.47 Å². The molecule has 0 amide bonds. The molecule has 4 aromatic carbocycles. The van der Waals surface area contributed by atoms with Crippen molar-refractivity contribution < 1.29 is 23.9 Å². The molecule has 1 saturated heterocycles. The van der Waals surface area contributed by atoms with Crippen molar-refractivity contribution in [1.82, 2.24) is 0 Å². The van der Waals surface area contributed by atoms with Crippen LogP contribution in [0.25, 0.3) is 6.08 Å². The number of hydrogen-bond donors (Lipinski definition) is 0. The molecule has 3 atom stereocenters. The molecule has 0 N–H and O–H groups in total. The van der Waals surface area contributed by atoms with Crippen LogP contribution in [0.2, 0.25) is 0 Å². The average molecular weight is 598 g/mol. The van der Waals surface area contributed by atoms with Gasteiger partial charge in [0, 0.05) is 28.3 Å². The van der Waals surface area contributed by atoms with Gasteiger partial charge in [-0.05, 0) is 47.2 Å². The molecule has 1 spiro atoms. The van der Waals surface area contributed by atoms with Gasteiger partial charge in [0.05, 0.1) is 20.3 Å². The molecule has 0 radical (unpaired) electrons. The van der Waals surface area contributed by atoms with Crippen LogP contribution in [0.15, 0.2) is 97.1 Å². The first kappa shape index (κ1) is 28.8. The number of anilines is 1. The SMILES string of the molecule is COc1ccc([C@@H]2[C@@H](C(=O)c3ccc(CC(C)C)cc3)N3c4ccccc4C=C[C@H]3C23C(=O)c2ccccc2C3=O)cc1OC. The largest absolute Gasteiger partial charge is 0.493 e. The molecule has 6 nitrogen and oxygen atoms in total. The zero-order valence-corrected chi connectivity index (χ0v) is 25.8. The number of carbonyl (C=O) groups excluding carboxylic acids is 3. The van der Waals surface area contributed by atoms with Gasteiger partial charge in [-0.25, -0.2) is 0 Å². The molecule has 0 saturated carbocycles. The maximum atomic E-state index is 15.0. The third-order valence-corrected chi connectivity index (χ3v) is 9.63. The van der Waals surface area contributed by atoms with Gasteiger partial charge in [0.1, 0.15) is 11.5 Å². The zero-order valence-electron chi connectivity index (χ0n) is 25.8. The normalized spacial score (nSPS) is 20.7. The van der Waals surface area contributed by atoms with E-state index < -0.39 is 23.4 Å². The van der Waals surface area contributed by atoms with E-state index >= 15 is 0 Å². The highest BCUT2D eigenvalue weighted by atomic mass is 16.5. The highest BCUT2D eigenvalue weighted by Gasteiger charge is 2.71. The smallest absolute Gasteiger partial charge is 0.185 e. The average Bonchev–Trinajstić information content (AvgIpc) is 3.50. The van der Waals surface area contributed by atoms with Gasteiger partial charge in [0.25, 0.3) is 0 Å². The summed E-state index contributed by atoms with van der Waals surface area (Å²) in [7, 11) is 3.11. The Morgan fingerprint density at radius 1 is 0.822 bits per heavy atom. The number of fused-ring (bicyclic) bond motifs is 5. The van der Waals surface area contributed by atoms with E-state index in [1.807, 2.05) is 77.7 Å². The summed E-state index contributed by atoms with van der Waals surface area (Å²) >= 11 is 0. The number of carbonyl (C=O) groups is 3. The van der Waals surface area contributed by atoms with Crippen LogP contribution in [0.1, 0.15) is 67.5 Å². The second kappa shape index (κ2) is 10.9. The van der Waals surface area contributed by atoms with Crippen LogP contribution in [-0.2, 0) is 6.42 Å². The van der Waals surface area contributed by atoms with Gasteiger partial charge in [0.2, 0.25) is 0 Å². The van der Waals surface area contributed by atoms with Crippen LogP contribution in [0.3, 0.4) is 0 Å². The minimum absolute atomic E-state index is 0.144. The van der Waals surface area contributed by atoms with Crippen LogP contribution in [0.5, 0.6) is 11.5 Å². The fourth-order valence-electron chi connectivity index (χ4n) is 7.78. The summed E-state index contributed by atoms with van der Waals surface area (Å²) in [6.07, 6.45) is 4.82. The second-order valence-corrected chi connectivity index (χ2v) is 12.5. The Labute approximate surface area is 263 Å². The Bertz CT molecular complexity index is 1840. The van der Waals surface area contributed by atoms with Crippen molar-refractivity contribution in [1.29, 1.82) is 0 Å². The van der Waals surface area contributed by atoms with Crippen molar-refractivity contribution in [3.63, 3.8) is 0 Å². The second-order valence-electron chi connectivity index (χ2n) is 12.5. The van der Waals surface area contributed by atoms with E-state index in [0.29, 0.717) is 39.7 Å². The molecule has 3 aliphatic rings. The minimum Gasteiger partial charge on any atom is -0.493 e. The van der Waals surface area contributed by atoms with Crippen LogP contribution < -0.4 is 14.4 Å². The molecule has 0 unspecified atom stereocenters. The molecule has 1 aliphatic carbocycles. The monoisotopic (exact) mass is 597 g/mol. The summed E-state index contributed by atoms with van der Waals surface area (Å²) < 4.78 is 11.2. The van der Waals surface area contributed by atoms with Crippen LogP contribution in [0.4, 0.5) is 5.69 Å². The number of hydrogen-bond acceptors (Lipinski definition) is 6. The first-order valence-corrected chi connectivity index (χ1v) is 15.4. The van der Waals surface area contributed by atoms with Gasteiger partial charge in [-0.2, -0.15) is 0 Å². The summed E-state index contributed by atoms with van der Waals surface area (Å²) in [5, 5.41) is 0. The number of nitrogens with zero attached hydrogens (tertiary/aromatic N) is 1. The van der Waals surface area contributed by atoms with Gasteiger partial charge in [0.15, 0.2) is 28.8 Å². The van der Waals surface area contributed by atoms with Crippen molar-refractivity contribution in [3.8, 4) is 11.5 Å². The maximum absolute atomic E-state index is 15.0. The standard InChI is InChI=1S/C39H35NO5/c1-23(2)21-24-13-15-26(16-14-24)36(41)35-34(27-17-19-31(44-3)32(22-27)45-4)39(37(42)28-10-6-7-11-29(28)38(39)43)33-20-18-25-9-5-8-12-30(25)40(33)35/h5-20,22-23,33-35H,21H2,1-4H3/t33-,34+,35-/m0/s1. The molecule has 0 bridgehead atoms. The van der Waals surface area contributed by atoms with E-state index in [1.165, 1.54) is 0 Å². The van der Waals surface area contributed by atoms with Crippen molar-refractivity contribution in [2.75, 3.05) is 19.1 Å². The fraction of sp³-hybridized carbons (Fsp3) is 0.256. The van der Waals surface area contributed by atoms with Gasteiger partial charge in [-0.1, -0.05) is 98.8 Å². The molecule has 2 heterocycles. The number of Topliss-reactive ketones (excluding diaryl/α,β-unsaturated/α-hetero) is 3. The van der Waals surface area contributed by atoms with Gasteiger partial charge in [-0.15, -0.1) is 0 Å². The molecule has 0 aromatic heterocycles. The molecule has 226 valence electrons. The molecule has 1 fully saturated rings. The highest BCUT2D eigenvalue weighted by molar-refractivity contribution is 6.32. The van der Waals surface area contributed by atoms with E-state index in [0.717, 1.165) is 23.2 Å². The lowest BCUT2D eigenvalue weighted by Crippen LogP contribution is -2.48. The summed E-state index contributed by atoms with van der Waals surface area (Å²) in [6.45, 7) is 4.33. The Hall–Kier alpha value is -4.97. The van der Waals surface area contributed by atoms with Crippen LogP contribution in [0, 0.1) is 11.3 Å². The minimum atomic E-state index is -1.58. The third-order valence-electron chi connectivity index (χ3n) is 9.63. The van der Waals surface area contributed by atoms with E-state index in [2.05, 4.69) is 13.8 Å². The number of ketones is 3. The topological polar surface area (TPSA) is 72.9 Å². The predicted octanol–water partition coefficient (Wildman–Crippen LogP) is 7.22. The summed E-state index contributed by atoms with van der Waals surface area (Å²) in [4.78, 5) is 46.7. The predicted molar refractivity (Wildman–Crippen MR) is 175 cm³/mol. The maximum Gasteiger partial charge on any atom is 0.185 e. The van der Waals surface area contributed by atoms with Crippen LogP contribution in [-0.4, -0.2) is 43.7 Å². The lowest BCUT2D eigenvalue weighted by Gasteiger charge is -2.37. The first-order valence-electron chi connectivity index (χ1n) is 15.4. The molecule has 2 aliphatic heterocycles. The number of benzene rings is 4. The summed E-state index contributed by atoms with van der Waals surface area (Å²) in [5.41, 5.74) is 3.31. The Morgan fingerprint density at radius 3 is 2.11 bits per heavy atom. The van der Waals surface area contributed by atoms with Crippen molar-refractivity contribution in [3.05, 3.63) is 130 Å². The van der Waals surface area contributed by atoms with Crippen LogP contribution >= 0.6 is 0 Å². The van der Waals surface area contributed by atoms with Crippen molar-refractivity contribution in [2.24, 2.45) is 11.3 Å². The molecule has 6 heteroatoms. The Kier molecular flexibility index (Phi) is 6.96. The lowest BCUT2D eigenvalue weighted by atomic mass is 9.64. The van der Waals surface area contributed by atoms with Gasteiger partial charge < -0.3 is 14.4 Å². The van der Waals surface area contributed by atoms with Crippen molar-refractivity contribution >= 4 is 29.1 Å². The molecule has 7 rings (SSSR count). The van der Waals surface area contributed by atoms with E-state index in [9.17, 15) is 14.4 Å². The number of rotatable bonds is 7. The Balaban J connectivity index is 1.50. The number of para-hydroxylation sites is 1. The highest BCUT2D eigenvalue weighted by Crippen LogP contribution is 2.61. The third kappa shape index (κ3) is 4.19.